The van der Waals surface area contributed by atoms with Crippen molar-refractivity contribution in [2.75, 3.05) is 5.32 Å². The fraction of sp³-hybridized carbons (Fsp3) is 0.625. The van der Waals surface area contributed by atoms with Crippen molar-refractivity contribution in [3.05, 3.63) is 28.8 Å². The van der Waals surface area contributed by atoms with Crippen molar-refractivity contribution in [2.45, 2.75) is 38.1 Å². The maximum absolute atomic E-state index is 13.9. The first kappa shape index (κ1) is 12.9. The lowest BCUT2D eigenvalue weighted by Gasteiger charge is -2.54. The molecule has 5 rings (SSSR count). The standard InChI is InChI=1S/C16H18ClF2N/c17-13-6-12(18)7-14(19)16(13)20-15-10-2-8-1-9(4-10)5-11(15)3-8/h6-11,15,20H,1-5H2. The summed E-state index contributed by atoms with van der Waals surface area (Å²) in [6.45, 7) is 0. The Hall–Kier alpha value is -0.830. The monoisotopic (exact) mass is 297 g/mol. The van der Waals surface area contributed by atoms with E-state index in [1.165, 1.54) is 38.2 Å². The molecule has 0 amide bonds. The van der Waals surface area contributed by atoms with Gasteiger partial charge >= 0.3 is 0 Å². The van der Waals surface area contributed by atoms with E-state index in [2.05, 4.69) is 5.32 Å². The first-order chi connectivity index (χ1) is 9.60. The summed E-state index contributed by atoms with van der Waals surface area (Å²) in [5.41, 5.74) is 0.283. The summed E-state index contributed by atoms with van der Waals surface area (Å²) in [6, 6.07) is 2.40. The second-order valence-corrected chi connectivity index (χ2v) is 7.25. The van der Waals surface area contributed by atoms with Crippen LogP contribution in [0.3, 0.4) is 0 Å². The number of rotatable bonds is 2. The van der Waals surface area contributed by atoms with Crippen LogP contribution in [0, 0.1) is 35.3 Å². The molecule has 1 aromatic carbocycles. The smallest absolute Gasteiger partial charge is 0.150 e. The number of hydrogen-bond acceptors (Lipinski definition) is 1. The van der Waals surface area contributed by atoms with E-state index in [-0.39, 0.29) is 10.7 Å². The molecule has 108 valence electrons. The fourth-order valence-corrected chi connectivity index (χ4v) is 5.26. The van der Waals surface area contributed by atoms with Crippen LogP contribution in [0.1, 0.15) is 32.1 Å². The molecule has 1 aromatic rings. The van der Waals surface area contributed by atoms with Crippen LogP contribution in [0.2, 0.25) is 5.02 Å². The van der Waals surface area contributed by atoms with Gasteiger partial charge in [0, 0.05) is 12.1 Å². The van der Waals surface area contributed by atoms with Crippen LogP contribution in [0.5, 0.6) is 0 Å². The Kier molecular flexibility index (Phi) is 2.95. The second kappa shape index (κ2) is 4.59. The van der Waals surface area contributed by atoms with Crippen LogP contribution in [0.15, 0.2) is 12.1 Å². The second-order valence-electron chi connectivity index (χ2n) is 6.85. The Balaban J connectivity index is 1.61. The largest absolute Gasteiger partial charge is 0.378 e. The van der Waals surface area contributed by atoms with E-state index in [4.69, 9.17) is 11.6 Å². The topological polar surface area (TPSA) is 12.0 Å². The lowest BCUT2D eigenvalue weighted by atomic mass is 9.54. The summed E-state index contributed by atoms with van der Waals surface area (Å²) < 4.78 is 27.1. The number of benzene rings is 1. The molecule has 1 N–H and O–H groups in total. The Morgan fingerprint density at radius 2 is 1.55 bits per heavy atom. The summed E-state index contributed by atoms with van der Waals surface area (Å²) >= 11 is 6.01. The lowest BCUT2D eigenvalue weighted by Crippen LogP contribution is -2.51. The average Bonchev–Trinajstić information content (AvgIpc) is 2.35. The molecule has 0 heterocycles. The van der Waals surface area contributed by atoms with Crippen molar-refractivity contribution in [3.63, 3.8) is 0 Å². The molecule has 4 aliphatic rings. The molecule has 4 fully saturated rings. The molecule has 4 bridgehead atoms. The number of nitrogens with one attached hydrogen (secondary N) is 1. The summed E-state index contributed by atoms with van der Waals surface area (Å²) in [5, 5.41) is 3.46. The Morgan fingerprint density at radius 1 is 0.950 bits per heavy atom. The highest BCUT2D eigenvalue weighted by Crippen LogP contribution is 2.54. The van der Waals surface area contributed by atoms with Gasteiger partial charge in [0.05, 0.1) is 10.7 Å². The third-order valence-corrected chi connectivity index (χ3v) is 5.84. The van der Waals surface area contributed by atoms with Gasteiger partial charge in [-0.2, -0.15) is 0 Å². The predicted octanol–water partition coefficient (Wildman–Crippen LogP) is 4.85. The van der Waals surface area contributed by atoms with Crippen LogP contribution in [-0.4, -0.2) is 6.04 Å². The number of anilines is 1. The molecule has 0 spiro atoms. The third-order valence-electron chi connectivity index (χ3n) is 5.54. The molecule has 4 aliphatic carbocycles. The maximum Gasteiger partial charge on any atom is 0.150 e. The molecular weight excluding hydrogens is 280 g/mol. The van der Waals surface area contributed by atoms with Gasteiger partial charge in [-0.3, -0.25) is 0 Å². The van der Waals surface area contributed by atoms with Crippen molar-refractivity contribution in [1.82, 2.24) is 0 Å². The first-order valence-corrected chi connectivity index (χ1v) is 7.89. The zero-order chi connectivity index (χ0) is 13.9. The molecule has 1 nitrogen and oxygen atoms in total. The highest BCUT2D eigenvalue weighted by Gasteiger charge is 2.48. The summed E-state index contributed by atoms with van der Waals surface area (Å²) in [5.74, 6) is 1.82. The molecule has 0 radical (unpaired) electrons. The first-order valence-electron chi connectivity index (χ1n) is 7.51. The average molecular weight is 298 g/mol. The normalized spacial score (nSPS) is 38.2. The Labute approximate surface area is 122 Å². The van der Waals surface area contributed by atoms with E-state index in [1.54, 1.807) is 0 Å². The molecule has 4 saturated carbocycles. The molecule has 0 saturated heterocycles. The lowest BCUT2D eigenvalue weighted by molar-refractivity contribution is 0.00745. The van der Waals surface area contributed by atoms with Gasteiger partial charge in [-0.15, -0.1) is 0 Å². The van der Waals surface area contributed by atoms with Gasteiger partial charge in [0.15, 0.2) is 5.82 Å². The maximum atomic E-state index is 13.9. The minimum Gasteiger partial charge on any atom is -0.378 e. The van der Waals surface area contributed by atoms with Gasteiger partial charge in [-0.1, -0.05) is 11.6 Å². The molecule has 0 aromatic heterocycles. The fourth-order valence-electron chi connectivity index (χ4n) is 5.01. The van der Waals surface area contributed by atoms with E-state index >= 15 is 0 Å². The minimum absolute atomic E-state index is 0.149. The van der Waals surface area contributed by atoms with E-state index in [0.717, 1.165) is 17.9 Å². The van der Waals surface area contributed by atoms with Gasteiger partial charge in [-0.05, 0) is 61.8 Å². The highest BCUT2D eigenvalue weighted by atomic mass is 35.5. The quantitative estimate of drug-likeness (QED) is 0.822. The van der Waals surface area contributed by atoms with Gasteiger partial charge in [0.25, 0.3) is 0 Å². The molecule has 4 heteroatoms. The van der Waals surface area contributed by atoms with Gasteiger partial charge in [0.1, 0.15) is 5.82 Å². The predicted molar refractivity (Wildman–Crippen MR) is 75.8 cm³/mol. The van der Waals surface area contributed by atoms with Crippen molar-refractivity contribution < 1.29 is 8.78 Å². The van der Waals surface area contributed by atoms with Crippen LogP contribution in [0.25, 0.3) is 0 Å². The Bertz CT molecular complexity index is 494. The summed E-state index contributed by atoms with van der Waals surface area (Å²) in [4.78, 5) is 0. The van der Waals surface area contributed by atoms with Crippen LogP contribution in [0.4, 0.5) is 14.5 Å². The van der Waals surface area contributed by atoms with Crippen LogP contribution in [-0.2, 0) is 0 Å². The van der Waals surface area contributed by atoms with Crippen molar-refractivity contribution in [2.24, 2.45) is 23.7 Å². The van der Waals surface area contributed by atoms with Gasteiger partial charge in [-0.25, -0.2) is 8.78 Å². The summed E-state index contributed by atoms with van der Waals surface area (Å²) in [7, 11) is 0. The molecule has 0 unspecified atom stereocenters. The third kappa shape index (κ3) is 2.02. The van der Waals surface area contributed by atoms with E-state index in [0.29, 0.717) is 17.9 Å². The highest BCUT2D eigenvalue weighted by molar-refractivity contribution is 6.33. The molecule has 20 heavy (non-hydrogen) atoms. The summed E-state index contributed by atoms with van der Waals surface area (Å²) in [6.07, 6.45) is 6.41. The SMILES string of the molecule is Fc1cc(F)c(NC2C3CC4CC(C3)CC2C4)c(Cl)c1. The van der Waals surface area contributed by atoms with Gasteiger partial charge < -0.3 is 5.32 Å². The minimum atomic E-state index is -0.622. The van der Waals surface area contributed by atoms with E-state index in [1.807, 2.05) is 0 Å². The van der Waals surface area contributed by atoms with Crippen molar-refractivity contribution in [3.8, 4) is 0 Å². The van der Waals surface area contributed by atoms with Gasteiger partial charge in [0.2, 0.25) is 0 Å². The molecule has 0 aliphatic heterocycles. The Morgan fingerprint density at radius 3 is 2.10 bits per heavy atom. The number of hydrogen-bond donors (Lipinski definition) is 1. The van der Waals surface area contributed by atoms with E-state index in [9.17, 15) is 8.78 Å². The van der Waals surface area contributed by atoms with Crippen LogP contribution < -0.4 is 5.32 Å². The van der Waals surface area contributed by atoms with Crippen molar-refractivity contribution >= 4 is 17.3 Å². The van der Waals surface area contributed by atoms with Crippen molar-refractivity contribution in [1.29, 1.82) is 0 Å². The zero-order valence-corrected chi connectivity index (χ0v) is 12.0. The van der Waals surface area contributed by atoms with Crippen LogP contribution >= 0.6 is 11.6 Å². The van der Waals surface area contributed by atoms with E-state index < -0.39 is 11.6 Å². The molecule has 0 atom stereocenters. The molecular formula is C16H18ClF2N. The zero-order valence-electron chi connectivity index (χ0n) is 11.2. The number of halogens is 3.